The number of rotatable bonds is 2. The minimum atomic E-state index is -1.43. The van der Waals surface area contributed by atoms with Gasteiger partial charge in [0.1, 0.15) is 0 Å². The molecule has 0 unspecified atom stereocenters. The number of hydrogen-bond acceptors (Lipinski definition) is 3. The number of aromatic hydroxyl groups is 2. The third kappa shape index (κ3) is 3.81. The van der Waals surface area contributed by atoms with E-state index >= 15 is 0 Å². The first-order chi connectivity index (χ1) is 14.5. The molecular weight excluding hydrogens is 866 g/mol. The van der Waals surface area contributed by atoms with Crippen LogP contribution in [-0.4, -0.2) is 21.3 Å². The van der Waals surface area contributed by atoms with Crippen molar-refractivity contribution in [3.8, 4) is 22.6 Å². The van der Waals surface area contributed by atoms with Gasteiger partial charge in [-0.2, -0.15) is 0 Å². The summed E-state index contributed by atoms with van der Waals surface area (Å²) in [6, 6.07) is 4.66. The summed E-state index contributed by atoms with van der Waals surface area (Å²) in [5.74, 6) is -3.97. The molecule has 158 valence electrons. The quantitative estimate of drug-likeness (QED) is 0.112. The van der Waals surface area contributed by atoms with Crippen molar-refractivity contribution in [1.82, 2.24) is 0 Å². The zero-order chi connectivity index (χ0) is 22.8. The summed E-state index contributed by atoms with van der Waals surface area (Å²) >= 11 is 7.63. The van der Waals surface area contributed by atoms with E-state index in [9.17, 15) is 28.9 Å². The normalized spacial score (nSPS) is 11.4. The number of carbonyl (C=O) groups is 1. The van der Waals surface area contributed by atoms with Crippen LogP contribution in [0, 0.1) is 25.9 Å². The zero-order valence-corrected chi connectivity index (χ0v) is 23.4. The Kier molecular flexibility index (Phi) is 6.41. The van der Waals surface area contributed by atoms with E-state index in [1.54, 1.807) is 12.1 Å². The summed E-state index contributed by atoms with van der Waals surface area (Å²) in [7, 11) is 0. The highest BCUT2D eigenvalue weighted by atomic mass is 127. The van der Waals surface area contributed by atoms with Gasteiger partial charge in [0.05, 0.1) is 23.5 Å². The number of carboxylic acids is 1. The van der Waals surface area contributed by atoms with Crippen LogP contribution in [0.1, 0.15) is 10.4 Å². The second-order valence-electron chi connectivity index (χ2n) is 6.39. The average Bonchev–Trinajstić information content (AvgIpc) is 2.71. The first kappa shape index (κ1) is 23.3. The molecule has 3 aromatic carbocycles. The minimum Gasteiger partial charge on any atom is -0.505 e. The van der Waals surface area contributed by atoms with Crippen LogP contribution in [0.2, 0.25) is 0 Å². The maximum Gasteiger partial charge on any atom is 0.378 e. The molecule has 5 nitrogen and oxygen atoms in total. The van der Waals surface area contributed by atoms with Crippen molar-refractivity contribution in [1.29, 1.82) is 0 Å². The van der Waals surface area contributed by atoms with Gasteiger partial charge in [-0.3, -0.25) is 0 Å². The second-order valence-corrected chi connectivity index (χ2v) is 10.9. The van der Waals surface area contributed by atoms with Crippen molar-refractivity contribution in [2.45, 2.75) is 0 Å². The van der Waals surface area contributed by atoms with Crippen molar-refractivity contribution in [3.05, 3.63) is 55.7 Å². The Morgan fingerprint density at radius 1 is 0.806 bits per heavy atom. The molecule has 0 atom stereocenters. The molecule has 11 heteroatoms. The van der Waals surface area contributed by atoms with E-state index in [4.69, 9.17) is 4.42 Å². The van der Waals surface area contributed by atoms with E-state index < -0.39 is 23.2 Å². The van der Waals surface area contributed by atoms with Crippen molar-refractivity contribution in [3.63, 3.8) is 0 Å². The molecule has 0 aliphatic heterocycles. The van der Waals surface area contributed by atoms with E-state index in [-0.39, 0.29) is 28.2 Å². The van der Waals surface area contributed by atoms with Crippen LogP contribution < -0.4 is 0 Å². The Hall–Kier alpha value is -0.820. The van der Waals surface area contributed by atoms with Gasteiger partial charge in [0.25, 0.3) is 0 Å². The fraction of sp³-hybridized carbons (Fsp3) is 0. The molecule has 4 rings (SSSR count). The molecule has 31 heavy (non-hydrogen) atoms. The van der Waals surface area contributed by atoms with Gasteiger partial charge in [0.15, 0.2) is 30.3 Å². The van der Waals surface area contributed by atoms with Gasteiger partial charge in [-0.1, -0.05) is 0 Å². The summed E-state index contributed by atoms with van der Waals surface area (Å²) in [5.41, 5.74) is 0.260. The molecule has 0 aliphatic rings. The molecule has 1 aromatic heterocycles. The minimum absolute atomic E-state index is 0.0313. The summed E-state index contributed by atoms with van der Waals surface area (Å²) in [6.45, 7) is 0. The Bertz CT molecular complexity index is 1380. The molecular formula is C20H7F2I4O5+. The summed E-state index contributed by atoms with van der Waals surface area (Å²) < 4.78 is 35.9. The van der Waals surface area contributed by atoms with Gasteiger partial charge >= 0.3 is 17.1 Å². The number of aromatic carboxylic acids is 1. The highest BCUT2D eigenvalue weighted by molar-refractivity contribution is 14.1. The second kappa shape index (κ2) is 8.51. The Morgan fingerprint density at radius 2 is 1.26 bits per heavy atom. The van der Waals surface area contributed by atoms with Gasteiger partial charge in [0, 0.05) is 11.1 Å². The molecule has 0 saturated heterocycles. The largest absolute Gasteiger partial charge is 0.505 e. The molecule has 0 aliphatic carbocycles. The number of halogens is 6. The van der Waals surface area contributed by atoms with E-state index in [0.29, 0.717) is 36.7 Å². The number of hydrogen-bond donors (Lipinski definition) is 3. The van der Waals surface area contributed by atoms with Crippen molar-refractivity contribution >= 4 is 118 Å². The fourth-order valence-electron chi connectivity index (χ4n) is 3.22. The summed E-state index contributed by atoms with van der Waals surface area (Å²) in [6.07, 6.45) is 0. The number of phenols is 2. The molecule has 0 radical (unpaired) electrons. The van der Waals surface area contributed by atoms with Gasteiger partial charge in [-0.05, 0) is 115 Å². The SMILES string of the molecule is O=C(O)c1cc(F)c(F)cc1-c1c2cc(I)c(O)c(I)c2[o+]c2c(I)c(O)c(I)cc12. The molecule has 4 aromatic rings. The van der Waals surface area contributed by atoms with Crippen LogP contribution in [0.5, 0.6) is 11.5 Å². The van der Waals surface area contributed by atoms with E-state index in [1.165, 1.54) is 0 Å². The molecule has 0 fully saturated rings. The summed E-state index contributed by atoms with van der Waals surface area (Å²) in [5, 5.41) is 31.3. The molecule has 0 spiro atoms. The zero-order valence-electron chi connectivity index (χ0n) is 14.7. The molecule has 1 heterocycles. The van der Waals surface area contributed by atoms with Gasteiger partial charge in [-0.15, -0.1) is 0 Å². The van der Waals surface area contributed by atoms with Crippen LogP contribution >= 0.6 is 90.4 Å². The molecule has 0 amide bonds. The number of carboxylic acid groups (broad SMARTS) is 1. The lowest BCUT2D eigenvalue weighted by Gasteiger charge is -2.12. The topological polar surface area (TPSA) is 89.1 Å². The third-order valence-corrected chi connectivity index (χ3v) is 8.25. The number of phenolic OH excluding ortho intramolecular Hbond substituents is 2. The average molecular weight is 873 g/mol. The molecule has 0 saturated carbocycles. The van der Waals surface area contributed by atoms with Crippen LogP contribution in [0.25, 0.3) is 33.1 Å². The highest BCUT2D eigenvalue weighted by Gasteiger charge is 2.31. The Morgan fingerprint density at radius 3 is 1.71 bits per heavy atom. The predicted molar refractivity (Wildman–Crippen MR) is 145 cm³/mol. The fourth-order valence-corrected chi connectivity index (χ4v) is 6.80. The van der Waals surface area contributed by atoms with Gasteiger partial charge < -0.3 is 15.3 Å². The lowest BCUT2D eigenvalue weighted by Crippen LogP contribution is -2.04. The van der Waals surface area contributed by atoms with E-state index in [0.717, 1.165) is 6.07 Å². The number of benzene rings is 3. The smallest absolute Gasteiger partial charge is 0.378 e. The van der Waals surface area contributed by atoms with E-state index in [1.807, 2.05) is 90.4 Å². The van der Waals surface area contributed by atoms with E-state index in [2.05, 4.69) is 0 Å². The monoisotopic (exact) mass is 873 g/mol. The van der Waals surface area contributed by atoms with Gasteiger partial charge in [-0.25, -0.2) is 18.0 Å². The molecule has 0 bridgehead atoms. The van der Waals surface area contributed by atoms with Crippen LogP contribution in [-0.2, 0) is 0 Å². The first-order valence-electron chi connectivity index (χ1n) is 8.23. The van der Waals surface area contributed by atoms with Gasteiger partial charge in [0.2, 0.25) is 0 Å². The lowest BCUT2D eigenvalue weighted by atomic mass is 9.93. The predicted octanol–water partition coefficient (Wildman–Crippen LogP) is 7.34. The standard InChI is InChI=1S/C20H6F2I4O5/c21-9-1-5(6(20(29)30)2-10(9)22)13-7-3-11(23)16(27)14(25)18(7)31-19-8(13)4-12(24)17(28)15(19)26/h1-4H,(H2-,27,28,29,30)/p+1. The Labute approximate surface area is 227 Å². The number of fused-ring (bicyclic) bond motifs is 2. The van der Waals surface area contributed by atoms with Crippen LogP contribution in [0.15, 0.2) is 28.7 Å². The Balaban J connectivity index is 2.36. The molecule has 3 N–H and O–H groups in total. The van der Waals surface area contributed by atoms with Crippen LogP contribution in [0.4, 0.5) is 8.78 Å². The van der Waals surface area contributed by atoms with Crippen molar-refractivity contribution in [2.75, 3.05) is 0 Å². The lowest BCUT2D eigenvalue weighted by molar-refractivity contribution is 0.0697. The maximum absolute atomic E-state index is 14.3. The third-order valence-electron chi connectivity index (χ3n) is 4.60. The summed E-state index contributed by atoms with van der Waals surface area (Å²) in [4.78, 5) is 11.9. The van der Waals surface area contributed by atoms with Crippen LogP contribution in [0.3, 0.4) is 0 Å². The van der Waals surface area contributed by atoms with Crippen molar-refractivity contribution in [2.24, 2.45) is 0 Å². The van der Waals surface area contributed by atoms with Crippen molar-refractivity contribution < 1.29 is 33.3 Å². The maximum atomic E-state index is 14.3. The first-order valence-corrected chi connectivity index (χ1v) is 12.5. The highest BCUT2D eigenvalue weighted by Crippen LogP contribution is 2.46.